The fourth-order valence-electron chi connectivity index (χ4n) is 2.74. The number of halogens is 1. The molecule has 0 aromatic carbocycles. The first-order valence-electron chi connectivity index (χ1n) is 9.30. The highest BCUT2D eigenvalue weighted by molar-refractivity contribution is 14.0. The fourth-order valence-corrected chi connectivity index (χ4v) is 2.74. The summed E-state index contributed by atoms with van der Waals surface area (Å²) in [6, 6.07) is 0. The van der Waals surface area contributed by atoms with Gasteiger partial charge in [0.2, 0.25) is 11.8 Å². The van der Waals surface area contributed by atoms with Gasteiger partial charge in [0.1, 0.15) is 0 Å². The molecule has 1 rings (SSSR count). The standard InChI is InChI=1S/C18H35N5O2.HI/c1-6-20-17(22-10-9-21-16(25)18(2,3)4)23-11-7-14(8-12-23)13-15(24)19-5;/h14H,6-13H2,1-5H3,(H,19,24)(H,20,22)(H,21,25);1H. The maximum Gasteiger partial charge on any atom is 0.225 e. The third-order valence-electron chi connectivity index (χ3n) is 4.34. The Hall–Kier alpha value is -1.06. The van der Waals surface area contributed by atoms with Crippen LogP contribution < -0.4 is 16.0 Å². The summed E-state index contributed by atoms with van der Waals surface area (Å²) in [7, 11) is 1.69. The van der Waals surface area contributed by atoms with E-state index in [9.17, 15) is 9.59 Å². The maximum atomic E-state index is 11.9. The first-order valence-corrected chi connectivity index (χ1v) is 9.30. The third-order valence-corrected chi connectivity index (χ3v) is 4.34. The topological polar surface area (TPSA) is 85.8 Å². The fraction of sp³-hybridized carbons (Fsp3) is 0.833. The van der Waals surface area contributed by atoms with Gasteiger partial charge in [0, 0.05) is 45.1 Å². The van der Waals surface area contributed by atoms with Crippen molar-refractivity contribution in [1.29, 1.82) is 0 Å². The van der Waals surface area contributed by atoms with Crippen LogP contribution in [0.2, 0.25) is 0 Å². The molecule has 0 aromatic heterocycles. The molecule has 2 amide bonds. The number of guanidine groups is 1. The average molecular weight is 481 g/mol. The number of carbonyl (C=O) groups is 2. The average Bonchev–Trinajstić information content (AvgIpc) is 2.57. The summed E-state index contributed by atoms with van der Waals surface area (Å²) in [4.78, 5) is 30.2. The van der Waals surface area contributed by atoms with E-state index in [4.69, 9.17) is 0 Å². The quantitative estimate of drug-likeness (QED) is 0.233. The number of carbonyl (C=O) groups excluding carboxylic acids is 2. The molecule has 0 aliphatic carbocycles. The van der Waals surface area contributed by atoms with E-state index in [-0.39, 0.29) is 41.2 Å². The predicted molar refractivity (Wildman–Crippen MR) is 117 cm³/mol. The number of likely N-dealkylation sites (tertiary alicyclic amines) is 1. The van der Waals surface area contributed by atoms with E-state index < -0.39 is 0 Å². The van der Waals surface area contributed by atoms with Crippen LogP contribution in [0.5, 0.6) is 0 Å². The minimum atomic E-state index is -0.374. The van der Waals surface area contributed by atoms with Crippen molar-refractivity contribution in [1.82, 2.24) is 20.9 Å². The molecule has 0 saturated carbocycles. The summed E-state index contributed by atoms with van der Waals surface area (Å²) < 4.78 is 0. The lowest BCUT2D eigenvalue weighted by molar-refractivity contribution is -0.128. The van der Waals surface area contributed by atoms with Crippen LogP contribution >= 0.6 is 24.0 Å². The highest BCUT2D eigenvalue weighted by Crippen LogP contribution is 2.20. The Morgan fingerprint density at radius 1 is 1.15 bits per heavy atom. The van der Waals surface area contributed by atoms with Gasteiger partial charge in [-0.2, -0.15) is 0 Å². The molecule has 0 aromatic rings. The van der Waals surface area contributed by atoms with Crippen molar-refractivity contribution >= 4 is 41.8 Å². The molecular weight excluding hydrogens is 445 g/mol. The van der Waals surface area contributed by atoms with Crippen LogP contribution in [0.25, 0.3) is 0 Å². The summed E-state index contributed by atoms with van der Waals surface area (Å²) in [5.41, 5.74) is -0.374. The molecule has 1 aliphatic rings. The normalized spacial score (nSPS) is 15.9. The highest BCUT2D eigenvalue weighted by atomic mass is 127. The van der Waals surface area contributed by atoms with Gasteiger partial charge in [-0.25, -0.2) is 0 Å². The van der Waals surface area contributed by atoms with Crippen LogP contribution in [-0.2, 0) is 9.59 Å². The number of rotatable bonds is 6. The smallest absolute Gasteiger partial charge is 0.225 e. The zero-order valence-electron chi connectivity index (χ0n) is 16.9. The molecular formula is C18H36IN5O2. The van der Waals surface area contributed by atoms with Crippen LogP contribution in [0.3, 0.4) is 0 Å². The van der Waals surface area contributed by atoms with Crippen molar-refractivity contribution in [3.63, 3.8) is 0 Å². The molecule has 152 valence electrons. The summed E-state index contributed by atoms with van der Waals surface area (Å²) in [5.74, 6) is 1.51. The van der Waals surface area contributed by atoms with Crippen molar-refractivity contribution < 1.29 is 9.59 Å². The Morgan fingerprint density at radius 2 is 1.77 bits per heavy atom. The van der Waals surface area contributed by atoms with Gasteiger partial charge in [0.05, 0.1) is 6.54 Å². The van der Waals surface area contributed by atoms with Gasteiger partial charge < -0.3 is 20.9 Å². The van der Waals surface area contributed by atoms with Crippen molar-refractivity contribution in [3.8, 4) is 0 Å². The second kappa shape index (κ2) is 12.3. The number of aliphatic imine (C=N–C) groups is 1. The van der Waals surface area contributed by atoms with Gasteiger partial charge in [-0.1, -0.05) is 20.8 Å². The number of nitrogens with one attached hydrogen (secondary N) is 3. The number of hydrogen-bond acceptors (Lipinski definition) is 3. The number of amides is 2. The summed E-state index contributed by atoms with van der Waals surface area (Å²) in [5, 5.41) is 8.94. The van der Waals surface area contributed by atoms with E-state index in [0.29, 0.717) is 25.4 Å². The predicted octanol–water partition coefficient (Wildman–Crippen LogP) is 1.58. The van der Waals surface area contributed by atoms with Gasteiger partial charge in [0.25, 0.3) is 0 Å². The van der Waals surface area contributed by atoms with E-state index in [1.165, 1.54) is 0 Å². The van der Waals surface area contributed by atoms with Crippen molar-refractivity contribution in [3.05, 3.63) is 0 Å². The molecule has 0 radical (unpaired) electrons. The van der Waals surface area contributed by atoms with E-state index in [1.807, 2.05) is 20.8 Å². The molecule has 1 aliphatic heterocycles. The third kappa shape index (κ3) is 9.05. The van der Waals surface area contributed by atoms with Crippen LogP contribution in [0, 0.1) is 11.3 Å². The summed E-state index contributed by atoms with van der Waals surface area (Å²) in [6.45, 7) is 11.5. The molecule has 1 heterocycles. The molecule has 1 saturated heterocycles. The van der Waals surface area contributed by atoms with Crippen LogP contribution in [0.4, 0.5) is 0 Å². The molecule has 8 heteroatoms. The van der Waals surface area contributed by atoms with Crippen molar-refractivity contribution in [2.45, 2.75) is 47.0 Å². The molecule has 3 N–H and O–H groups in total. The molecule has 1 fully saturated rings. The number of hydrogen-bond donors (Lipinski definition) is 3. The van der Waals surface area contributed by atoms with E-state index >= 15 is 0 Å². The molecule has 7 nitrogen and oxygen atoms in total. The Labute approximate surface area is 175 Å². The summed E-state index contributed by atoms with van der Waals surface area (Å²) >= 11 is 0. The lowest BCUT2D eigenvalue weighted by Crippen LogP contribution is -2.46. The van der Waals surface area contributed by atoms with Gasteiger partial charge in [0.15, 0.2) is 5.96 Å². The van der Waals surface area contributed by atoms with Crippen molar-refractivity contribution in [2.24, 2.45) is 16.3 Å². The van der Waals surface area contributed by atoms with Gasteiger partial charge in [-0.15, -0.1) is 24.0 Å². The van der Waals surface area contributed by atoms with Crippen molar-refractivity contribution in [2.75, 3.05) is 39.8 Å². The maximum absolute atomic E-state index is 11.9. The van der Waals surface area contributed by atoms with E-state index in [2.05, 4.69) is 32.8 Å². The molecule has 26 heavy (non-hydrogen) atoms. The first kappa shape index (κ1) is 24.9. The number of piperidine rings is 1. The zero-order chi connectivity index (χ0) is 18.9. The largest absolute Gasteiger partial charge is 0.359 e. The van der Waals surface area contributed by atoms with E-state index in [0.717, 1.165) is 38.4 Å². The van der Waals surface area contributed by atoms with Crippen LogP contribution in [0.1, 0.15) is 47.0 Å². The van der Waals surface area contributed by atoms with Gasteiger partial charge in [-0.3, -0.25) is 14.6 Å². The Kier molecular flexibility index (Phi) is 11.8. The lowest BCUT2D eigenvalue weighted by Gasteiger charge is -2.34. The molecule has 0 bridgehead atoms. The van der Waals surface area contributed by atoms with Gasteiger partial charge >= 0.3 is 0 Å². The summed E-state index contributed by atoms with van der Waals surface area (Å²) in [6.07, 6.45) is 2.61. The Balaban J connectivity index is 0.00000625. The number of nitrogens with zero attached hydrogens (tertiary/aromatic N) is 2. The Bertz CT molecular complexity index is 469. The molecule has 0 spiro atoms. The monoisotopic (exact) mass is 481 g/mol. The van der Waals surface area contributed by atoms with Crippen LogP contribution in [0.15, 0.2) is 4.99 Å². The molecule has 0 atom stereocenters. The van der Waals surface area contributed by atoms with E-state index in [1.54, 1.807) is 7.05 Å². The lowest BCUT2D eigenvalue weighted by atomic mass is 9.93. The SMILES string of the molecule is CCNC(=NCCNC(=O)C(C)(C)C)N1CCC(CC(=O)NC)CC1.I. The molecule has 0 unspecified atom stereocenters. The van der Waals surface area contributed by atoms with Crippen LogP contribution in [-0.4, -0.2) is 62.4 Å². The minimum absolute atomic E-state index is 0. The van der Waals surface area contributed by atoms with Gasteiger partial charge in [-0.05, 0) is 25.7 Å². The highest BCUT2D eigenvalue weighted by Gasteiger charge is 2.23. The minimum Gasteiger partial charge on any atom is -0.359 e. The first-order chi connectivity index (χ1) is 11.8. The second-order valence-electron chi connectivity index (χ2n) is 7.55. The zero-order valence-corrected chi connectivity index (χ0v) is 19.2. The second-order valence-corrected chi connectivity index (χ2v) is 7.55. The Morgan fingerprint density at radius 3 is 2.27 bits per heavy atom.